The number of aldehydes is 1. The summed E-state index contributed by atoms with van der Waals surface area (Å²) in [6.45, 7) is 0.627. The standard InChI is InChI=1S/C17H16N2O2S/c20-10-11-5-7-18-9-14(11)19-8-6-13-12-3-1-2-4-15(12)22-16(13)17(19)21/h5,7,9-10H,1-4,6,8H2. The van der Waals surface area contributed by atoms with Gasteiger partial charge in [-0.3, -0.25) is 14.6 Å². The van der Waals surface area contributed by atoms with E-state index in [4.69, 9.17) is 0 Å². The van der Waals surface area contributed by atoms with Crippen molar-refractivity contribution in [2.24, 2.45) is 0 Å². The zero-order valence-corrected chi connectivity index (χ0v) is 13.0. The molecule has 3 heterocycles. The number of hydrogen-bond donors (Lipinski definition) is 0. The number of aromatic nitrogens is 1. The van der Waals surface area contributed by atoms with E-state index in [2.05, 4.69) is 4.98 Å². The van der Waals surface area contributed by atoms with Crippen LogP contribution in [-0.4, -0.2) is 23.7 Å². The van der Waals surface area contributed by atoms with Crippen molar-refractivity contribution in [3.63, 3.8) is 0 Å². The van der Waals surface area contributed by atoms with Gasteiger partial charge in [-0.15, -0.1) is 11.3 Å². The molecule has 112 valence electrons. The van der Waals surface area contributed by atoms with Crippen LogP contribution in [0.3, 0.4) is 0 Å². The molecule has 0 bridgehead atoms. The fourth-order valence-electron chi connectivity index (χ4n) is 3.47. The largest absolute Gasteiger partial charge is 0.305 e. The van der Waals surface area contributed by atoms with Crippen LogP contribution >= 0.6 is 11.3 Å². The predicted octanol–water partition coefficient (Wildman–Crippen LogP) is 3.04. The zero-order valence-electron chi connectivity index (χ0n) is 12.2. The molecule has 4 nitrogen and oxygen atoms in total. The first-order valence-electron chi connectivity index (χ1n) is 7.64. The molecule has 0 fully saturated rings. The molecule has 0 radical (unpaired) electrons. The Labute approximate surface area is 132 Å². The summed E-state index contributed by atoms with van der Waals surface area (Å²) in [7, 11) is 0. The smallest absolute Gasteiger partial charge is 0.268 e. The van der Waals surface area contributed by atoms with Crippen molar-refractivity contribution in [3.05, 3.63) is 44.9 Å². The molecule has 0 N–H and O–H groups in total. The average molecular weight is 312 g/mol. The maximum atomic E-state index is 12.9. The van der Waals surface area contributed by atoms with Gasteiger partial charge in [0.05, 0.1) is 16.8 Å². The van der Waals surface area contributed by atoms with Crippen LogP contribution in [-0.2, 0) is 19.3 Å². The van der Waals surface area contributed by atoms with Gasteiger partial charge in [-0.1, -0.05) is 0 Å². The number of thiophene rings is 1. The van der Waals surface area contributed by atoms with E-state index < -0.39 is 0 Å². The third kappa shape index (κ3) is 2.00. The van der Waals surface area contributed by atoms with Crippen LogP contribution in [0.2, 0.25) is 0 Å². The third-order valence-corrected chi connectivity index (χ3v) is 5.88. The summed E-state index contributed by atoms with van der Waals surface area (Å²) in [6.07, 6.45) is 9.53. The lowest BCUT2D eigenvalue weighted by Gasteiger charge is -2.28. The van der Waals surface area contributed by atoms with Gasteiger partial charge in [0, 0.05) is 23.2 Å². The number of carbonyl (C=O) groups is 2. The second kappa shape index (κ2) is 5.32. The van der Waals surface area contributed by atoms with Crippen molar-refractivity contribution in [1.82, 2.24) is 4.98 Å². The summed E-state index contributed by atoms with van der Waals surface area (Å²) in [5.41, 5.74) is 3.84. The van der Waals surface area contributed by atoms with Gasteiger partial charge >= 0.3 is 0 Å². The number of pyridine rings is 1. The van der Waals surface area contributed by atoms with Gasteiger partial charge in [-0.2, -0.15) is 0 Å². The molecular formula is C17H16N2O2S. The number of amides is 1. The number of aryl methyl sites for hydroxylation is 1. The van der Waals surface area contributed by atoms with E-state index in [-0.39, 0.29) is 5.91 Å². The van der Waals surface area contributed by atoms with Crippen LogP contribution in [0, 0.1) is 0 Å². The Balaban J connectivity index is 1.76. The number of anilines is 1. The van der Waals surface area contributed by atoms with Crippen molar-refractivity contribution >= 4 is 29.2 Å². The summed E-state index contributed by atoms with van der Waals surface area (Å²) >= 11 is 1.66. The number of hydrogen-bond acceptors (Lipinski definition) is 4. The van der Waals surface area contributed by atoms with Crippen LogP contribution in [0.4, 0.5) is 5.69 Å². The molecule has 2 aliphatic rings. The molecule has 2 aromatic heterocycles. The van der Waals surface area contributed by atoms with Crippen LogP contribution in [0.25, 0.3) is 0 Å². The van der Waals surface area contributed by atoms with E-state index in [1.165, 1.54) is 28.8 Å². The summed E-state index contributed by atoms with van der Waals surface area (Å²) in [5.74, 6) is 0.0248. The highest BCUT2D eigenvalue weighted by Gasteiger charge is 2.32. The summed E-state index contributed by atoms with van der Waals surface area (Å²) in [5, 5.41) is 0. The number of rotatable bonds is 2. The van der Waals surface area contributed by atoms with E-state index in [0.29, 0.717) is 17.8 Å². The highest BCUT2D eigenvalue weighted by molar-refractivity contribution is 7.14. The minimum absolute atomic E-state index is 0.0248. The van der Waals surface area contributed by atoms with E-state index in [0.717, 1.165) is 30.4 Å². The lowest BCUT2D eigenvalue weighted by Crippen LogP contribution is -2.37. The Hall–Kier alpha value is -2.01. The Kier molecular flexibility index (Phi) is 3.30. The summed E-state index contributed by atoms with van der Waals surface area (Å²) in [6, 6.07) is 1.66. The van der Waals surface area contributed by atoms with E-state index in [1.807, 2.05) is 0 Å². The normalized spacial score (nSPS) is 17.1. The molecule has 5 heteroatoms. The molecule has 0 unspecified atom stereocenters. The zero-order chi connectivity index (χ0) is 15.1. The SMILES string of the molecule is O=Cc1ccncc1N1CCc2c(sc3c2CCCC3)C1=O. The quantitative estimate of drug-likeness (QED) is 0.801. The highest BCUT2D eigenvalue weighted by atomic mass is 32.1. The summed E-state index contributed by atoms with van der Waals surface area (Å²) < 4.78 is 0. The molecule has 1 amide bonds. The molecule has 0 atom stereocenters. The Morgan fingerprint density at radius 3 is 2.91 bits per heavy atom. The maximum Gasteiger partial charge on any atom is 0.268 e. The van der Waals surface area contributed by atoms with Crippen LogP contribution in [0.15, 0.2) is 18.5 Å². The van der Waals surface area contributed by atoms with Crippen LogP contribution in [0.5, 0.6) is 0 Å². The molecule has 2 aromatic rings. The van der Waals surface area contributed by atoms with Gasteiger partial charge in [0.25, 0.3) is 5.91 Å². The molecule has 1 aliphatic carbocycles. The third-order valence-electron chi connectivity index (χ3n) is 4.56. The first-order valence-corrected chi connectivity index (χ1v) is 8.45. The second-order valence-corrected chi connectivity index (χ2v) is 6.88. The van der Waals surface area contributed by atoms with Gasteiger partial charge in [0.2, 0.25) is 0 Å². The van der Waals surface area contributed by atoms with E-state index in [9.17, 15) is 9.59 Å². The lowest BCUT2D eigenvalue weighted by atomic mass is 9.92. The molecule has 1 aliphatic heterocycles. The Bertz CT molecular complexity index is 766. The monoisotopic (exact) mass is 312 g/mol. The molecule has 0 saturated heterocycles. The molecule has 22 heavy (non-hydrogen) atoms. The average Bonchev–Trinajstić information content (AvgIpc) is 2.95. The molecule has 4 rings (SSSR count). The Morgan fingerprint density at radius 1 is 1.18 bits per heavy atom. The number of carbonyl (C=O) groups excluding carboxylic acids is 2. The molecule has 0 spiro atoms. The molecular weight excluding hydrogens is 296 g/mol. The predicted molar refractivity (Wildman–Crippen MR) is 86.0 cm³/mol. The van der Waals surface area contributed by atoms with Crippen molar-refractivity contribution in [2.75, 3.05) is 11.4 Å². The van der Waals surface area contributed by atoms with Crippen molar-refractivity contribution < 1.29 is 9.59 Å². The minimum atomic E-state index is 0.0248. The lowest BCUT2D eigenvalue weighted by molar-refractivity contribution is 0.0984. The van der Waals surface area contributed by atoms with Crippen molar-refractivity contribution in [2.45, 2.75) is 32.1 Å². The minimum Gasteiger partial charge on any atom is -0.305 e. The summed E-state index contributed by atoms with van der Waals surface area (Å²) in [4.78, 5) is 32.2. The van der Waals surface area contributed by atoms with Gasteiger partial charge in [0.15, 0.2) is 6.29 Å². The van der Waals surface area contributed by atoms with Gasteiger partial charge in [0.1, 0.15) is 0 Å². The first-order chi connectivity index (χ1) is 10.8. The topological polar surface area (TPSA) is 50.3 Å². The number of nitrogens with zero attached hydrogens (tertiary/aromatic N) is 2. The van der Waals surface area contributed by atoms with E-state index in [1.54, 1.807) is 34.7 Å². The second-order valence-electron chi connectivity index (χ2n) is 5.78. The first kappa shape index (κ1) is 13.6. The van der Waals surface area contributed by atoms with Crippen molar-refractivity contribution in [1.29, 1.82) is 0 Å². The fraction of sp³-hybridized carbons (Fsp3) is 0.353. The highest BCUT2D eigenvalue weighted by Crippen LogP contribution is 2.38. The van der Waals surface area contributed by atoms with Gasteiger partial charge in [-0.05, 0) is 49.3 Å². The van der Waals surface area contributed by atoms with Crippen molar-refractivity contribution in [3.8, 4) is 0 Å². The molecule has 0 aromatic carbocycles. The van der Waals surface area contributed by atoms with Crippen LogP contribution < -0.4 is 4.90 Å². The van der Waals surface area contributed by atoms with Gasteiger partial charge in [-0.25, -0.2) is 0 Å². The molecule has 0 saturated carbocycles. The van der Waals surface area contributed by atoms with Gasteiger partial charge < -0.3 is 4.90 Å². The number of fused-ring (bicyclic) bond motifs is 3. The van der Waals surface area contributed by atoms with Crippen LogP contribution in [0.1, 0.15) is 48.9 Å². The Morgan fingerprint density at radius 2 is 2.05 bits per heavy atom. The van der Waals surface area contributed by atoms with E-state index >= 15 is 0 Å². The fourth-order valence-corrected chi connectivity index (χ4v) is 4.86. The maximum absolute atomic E-state index is 12.9.